The topological polar surface area (TPSA) is 50.2 Å². The van der Waals surface area contributed by atoms with Gasteiger partial charge in [-0.3, -0.25) is 4.79 Å². The van der Waals surface area contributed by atoms with E-state index < -0.39 is 0 Å². The molecule has 1 aromatic carbocycles. The van der Waals surface area contributed by atoms with Crippen molar-refractivity contribution >= 4 is 21.8 Å². The second-order valence-electron chi connectivity index (χ2n) is 5.02. The van der Waals surface area contributed by atoms with Gasteiger partial charge in [0.25, 0.3) is 5.91 Å². The molecule has 21 heavy (non-hydrogen) atoms. The monoisotopic (exact) mass is 348 g/mol. The molecule has 0 saturated carbocycles. The molecule has 5 nitrogen and oxygen atoms in total. The highest BCUT2D eigenvalue weighted by Gasteiger charge is 2.19. The third kappa shape index (κ3) is 3.33. The van der Waals surface area contributed by atoms with Gasteiger partial charge >= 0.3 is 0 Å². The van der Waals surface area contributed by atoms with Crippen LogP contribution < -0.4 is 5.32 Å². The summed E-state index contributed by atoms with van der Waals surface area (Å²) in [7, 11) is 0. The fourth-order valence-electron chi connectivity index (χ4n) is 2.41. The molecule has 0 unspecified atom stereocenters. The summed E-state index contributed by atoms with van der Waals surface area (Å²) >= 11 is 3.44. The molecular formula is C15H17BrN4O. The maximum Gasteiger partial charge on any atom is 0.274 e. The Morgan fingerprint density at radius 1 is 1.24 bits per heavy atom. The first kappa shape index (κ1) is 14.3. The molecule has 1 fully saturated rings. The van der Waals surface area contributed by atoms with Gasteiger partial charge in [-0.2, -0.15) is 5.10 Å². The molecule has 0 aliphatic carbocycles. The summed E-state index contributed by atoms with van der Waals surface area (Å²) in [5.74, 6) is 0.00690. The smallest absolute Gasteiger partial charge is 0.274 e. The van der Waals surface area contributed by atoms with Crippen LogP contribution in [-0.4, -0.2) is 46.8 Å². The Balaban J connectivity index is 1.79. The van der Waals surface area contributed by atoms with Crippen molar-refractivity contribution in [2.45, 2.75) is 6.42 Å². The normalized spacial score (nSPS) is 15.8. The molecule has 1 aromatic heterocycles. The van der Waals surface area contributed by atoms with Crippen LogP contribution in [0, 0.1) is 0 Å². The molecule has 6 heteroatoms. The van der Waals surface area contributed by atoms with E-state index in [0.29, 0.717) is 5.69 Å². The van der Waals surface area contributed by atoms with Gasteiger partial charge in [-0.05, 0) is 37.2 Å². The van der Waals surface area contributed by atoms with Crippen LogP contribution in [0.25, 0.3) is 5.69 Å². The van der Waals surface area contributed by atoms with E-state index in [1.807, 2.05) is 35.4 Å². The van der Waals surface area contributed by atoms with Crippen molar-refractivity contribution < 1.29 is 4.79 Å². The van der Waals surface area contributed by atoms with Gasteiger partial charge in [-0.15, -0.1) is 0 Å². The maximum absolute atomic E-state index is 12.5. The Morgan fingerprint density at radius 2 is 2.14 bits per heavy atom. The molecule has 1 aliphatic heterocycles. The quantitative estimate of drug-likeness (QED) is 0.903. The predicted octanol–water partition coefficient (Wildman–Crippen LogP) is 2.07. The number of rotatable bonds is 2. The first-order valence-corrected chi connectivity index (χ1v) is 7.85. The van der Waals surface area contributed by atoms with Crippen LogP contribution in [0.5, 0.6) is 0 Å². The lowest BCUT2D eigenvalue weighted by Gasteiger charge is -2.18. The van der Waals surface area contributed by atoms with Crippen LogP contribution in [0.4, 0.5) is 0 Å². The lowest BCUT2D eigenvalue weighted by Crippen LogP contribution is -2.34. The average molecular weight is 349 g/mol. The molecule has 3 rings (SSSR count). The zero-order valence-electron chi connectivity index (χ0n) is 11.6. The number of nitrogens with one attached hydrogen (secondary N) is 1. The number of benzene rings is 1. The number of amides is 1. The van der Waals surface area contributed by atoms with Crippen LogP contribution in [0.15, 0.2) is 41.0 Å². The first-order valence-electron chi connectivity index (χ1n) is 7.06. The molecule has 1 saturated heterocycles. The summed E-state index contributed by atoms with van der Waals surface area (Å²) in [6, 6.07) is 9.62. The van der Waals surface area contributed by atoms with Crippen LogP contribution in [0.2, 0.25) is 0 Å². The molecule has 1 N–H and O–H groups in total. The van der Waals surface area contributed by atoms with Gasteiger partial charge < -0.3 is 10.2 Å². The number of halogens is 1. The summed E-state index contributed by atoms with van der Waals surface area (Å²) in [6.07, 6.45) is 2.81. The predicted molar refractivity (Wildman–Crippen MR) is 84.7 cm³/mol. The Kier molecular flexibility index (Phi) is 4.36. The van der Waals surface area contributed by atoms with E-state index in [2.05, 4.69) is 26.3 Å². The van der Waals surface area contributed by atoms with E-state index in [4.69, 9.17) is 0 Å². The molecule has 1 aliphatic rings. The summed E-state index contributed by atoms with van der Waals surface area (Å²) in [4.78, 5) is 14.3. The minimum absolute atomic E-state index is 0.00690. The molecule has 2 aromatic rings. The fraction of sp³-hybridized carbons (Fsp3) is 0.333. The minimum Gasteiger partial charge on any atom is -0.336 e. The highest BCUT2D eigenvalue weighted by atomic mass is 79.9. The minimum atomic E-state index is 0.00690. The zero-order chi connectivity index (χ0) is 14.7. The van der Waals surface area contributed by atoms with E-state index in [1.54, 1.807) is 10.7 Å². The number of carbonyl (C=O) groups excluding carboxylic acids is 1. The summed E-state index contributed by atoms with van der Waals surface area (Å²) < 4.78 is 2.72. The van der Waals surface area contributed by atoms with Crippen LogP contribution in [0.1, 0.15) is 16.9 Å². The van der Waals surface area contributed by atoms with Gasteiger partial charge in [-0.1, -0.05) is 22.0 Å². The van der Waals surface area contributed by atoms with Crippen molar-refractivity contribution in [2.75, 3.05) is 26.2 Å². The van der Waals surface area contributed by atoms with Gasteiger partial charge in [0, 0.05) is 30.3 Å². The highest BCUT2D eigenvalue weighted by Crippen LogP contribution is 2.15. The summed E-state index contributed by atoms with van der Waals surface area (Å²) in [5.41, 5.74) is 1.43. The maximum atomic E-state index is 12.5. The lowest BCUT2D eigenvalue weighted by molar-refractivity contribution is 0.0760. The lowest BCUT2D eigenvalue weighted by atomic mass is 10.3. The number of aromatic nitrogens is 2. The van der Waals surface area contributed by atoms with Crippen molar-refractivity contribution in [1.82, 2.24) is 20.0 Å². The van der Waals surface area contributed by atoms with Gasteiger partial charge in [0.15, 0.2) is 5.69 Å². The Labute approximate surface area is 132 Å². The van der Waals surface area contributed by atoms with Gasteiger partial charge in [-0.25, -0.2) is 4.68 Å². The van der Waals surface area contributed by atoms with Gasteiger partial charge in [0.1, 0.15) is 0 Å². The Hall–Kier alpha value is -1.66. The summed E-state index contributed by atoms with van der Waals surface area (Å²) in [6.45, 7) is 3.34. The molecule has 0 spiro atoms. The molecule has 1 amide bonds. The molecule has 2 heterocycles. The Morgan fingerprint density at radius 3 is 3.00 bits per heavy atom. The van der Waals surface area contributed by atoms with Gasteiger partial charge in [0.2, 0.25) is 0 Å². The van der Waals surface area contributed by atoms with E-state index in [0.717, 1.165) is 42.8 Å². The van der Waals surface area contributed by atoms with Crippen molar-refractivity contribution in [3.8, 4) is 5.69 Å². The molecule has 0 bridgehead atoms. The fourth-order valence-corrected chi connectivity index (χ4v) is 2.80. The van der Waals surface area contributed by atoms with Crippen molar-refractivity contribution in [3.05, 3.63) is 46.7 Å². The largest absolute Gasteiger partial charge is 0.336 e. The standard InChI is InChI=1S/C15H17BrN4O/c16-12-3-1-4-13(11-12)20-9-5-14(18-20)15(21)19-8-2-6-17-7-10-19/h1,3-5,9,11,17H,2,6-8,10H2. The third-order valence-electron chi connectivity index (χ3n) is 3.51. The average Bonchev–Trinajstić information content (AvgIpc) is 2.82. The van der Waals surface area contributed by atoms with Crippen LogP contribution in [-0.2, 0) is 0 Å². The number of hydrogen-bond donors (Lipinski definition) is 1. The Bertz CT molecular complexity index is 632. The number of carbonyl (C=O) groups is 1. The third-order valence-corrected chi connectivity index (χ3v) is 4.00. The second-order valence-corrected chi connectivity index (χ2v) is 5.94. The van der Waals surface area contributed by atoms with Gasteiger partial charge in [0.05, 0.1) is 5.69 Å². The van der Waals surface area contributed by atoms with E-state index in [1.165, 1.54) is 0 Å². The van der Waals surface area contributed by atoms with Crippen LogP contribution in [0.3, 0.4) is 0 Å². The zero-order valence-corrected chi connectivity index (χ0v) is 13.2. The van der Waals surface area contributed by atoms with Crippen molar-refractivity contribution in [2.24, 2.45) is 0 Å². The van der Waals surface area contributed by atoms with E-state index in [-0.39, 0.29) is 5.91 Å². The van der Waals surface area contributed by atoms with E-state index in [9.17, 15) is 4.79 Å². The second kappa shape index (κ2) is 6.41. The van der Waals surface area contributed by atoms with Crippen molar-refractivity contribution in [1.29, 1.82) is 0 Å². The number of hydrogen-bond acceptors (Lipinski definition) is 3. The molecule has 110 valence electrons. The van der Waals surface area contributed by atoms with Crippen molar-refractivity contribution in [3.63, 3.8) is 0 Å². The first-order chi connectivity index (χ1) is 10.2. The molecule has 0 radical (unpaired) electrons. The molecular weight excluding hydrogens is 332 g/mol. The molecule has 0 atom stereocenters. The van der Waals surface area contributed by atoms with E-state index >= 15 is 0 Å². The summed E-state index contributed by atoms with van der Waals surface area (Å²) in [5, 5.41) is 7.71. The number of nitrogens with zero attached hydrogens (tertiary/aromatic N) is 3. The highest BCUT2D eigenvalue weighted by molar-refractivity contribution is 9.10. The van der Waals surface area contributed by atoms with Crippen LogP contribution >= 0.6 is 15.9 Å². The SMILES string of the molecule is O=C(c1ccn(-c2cccc(Br)c2)n1)N1CCCNCC1.